The first-order valence-corrected chi connectivity index (χ1v) is 6.22. The van der Waals surface area contributed by atoms with Crippen LogP contribution in [0.15, 0.2) is 24.4 Å². The van der Waals surface area contributed by atoms with Crippen LogP contribution in [0.2, 0.25) is 5.02 Å². The number of amides is 1. The average Bonchev–Trinajstić information content (AvgIpc) is 2.91. The van der Waals surface area contributed by atoms with Crippen LogP contribution < -0.4 is 5.32 Å². The second-order valence-electron chi connectivity index (χ2n) is 4.03. The summed E-state index contributed by atoms with van der Waals surface area (Å²) in [7, 11) is 0. The summed E-state index contributed by atoms with van der Waals surface area (Å²) in [5.41, 5.74) is -0.156. The zero-order valence-electron chi connectivity index (χ0n) is 10.6. The van der Waals surface area contributed by atoms with Gasteiger partial charge in [-0.05, 0) is 12.1 Å². The zero-order chi connectivity index (χ0) is 15.4. The van der Waals surface area contributed by atoms with Gasteiger partial charge in [-0.15, -0.1) is 5.10 Å². The molecule has 1 amide bonds. The van der Waals surface area contributed by atoms with E-state index in [1.165, 1.54) is 23.0 Å². The largest absolute Gasteiger partial charge is 0.476 e. The molecule has 0 unspecified atom stereocenters. The number of hydrogen-bond donors (Lipinski definition) is 2. The Morgan fingerprint density at radius 2 is 2.19 bits per heavy atom. The highest BCUT2D eigenvalue weighted by Gasteiger charge is 2.13. The van der Waals surface area contributed by atoms with E-state index in [-0.39, 0.29) is 29.4 Å². The summed E-state index contributed by atoms with van der Waals surface area (Å²) in [5, 5.41) is 18.0. The number of carboxylic acid groups (broad SMARTS) is 1. The second-order valence-corrected chi connectivity index (χ2v) is 4.41. The molecule has 7 nitrogen and oxygen atoms in total. The minimum Gasteiger partial charge on any atom is -0.476 e. The Balaban J connectivity index is 1.92. The highest BCUT2D eigenvalue weighted by Crippen LogP contribution is 2.19. The number of carbonyl (C=O) groups is 2. The van der Waals surface area contributed by atoms with Gasteiger partial charge in [0.05, 0.1) is 23.3 Å². The fraction of sp³-hybridized carbons (Fsp3) is 0.167. The number of carboxylic acids is 1. The molecule has 0 aliphatic carbocycles. The minimum absolute atomic E-state index is 0.0291. The minimum atomic E-state index is -1.18. The maximum atomic E-state index is 13.2. The summed E-state index contributed by atoms with van der Waals surface area (Å²) in [6.45, 7) is 0.382. The molecule has 0 fully saturated rings. The van der Waals surface area contributed by atoms with Crippen LogP contribution in [0.4, 0.5) is 4.39 Å². The van der Waals surface area contributed by atoms with Gasteiger partial charge in [-0.3, -0.25) is 4.79 Å². The molecule has 110 valence electrons. The Labute approximate surface area is 123 Å². The molecule has 0 bridgehead atoms. The fourth-order valence-corrected chi connectivity index (χ4v) is 1.78. The van der Waals surface area contributed by atoms with Crippen LogP contribution in [0.3, 0.4) is 0 Å². The Morgan fingerprint density at radius 1 is 1.43 bits per heavy atom. The Bertz CT molecular complexity index is 689. The van der Waals surface area contributed by atoms with Gasteiger partial charge < -0.3 is 10.4 Å². The molecule has 2 rings (SSSR count). The van der Waals surface area contributed by atoms with E-state index >= 15 is 0 Å². The zero-order valence-corrected chi connectivity index (χ0v) is 11.3. The number of hydrogen-bond acceptors (Lipinski definition) is 4. The molecule has 21 heavy (non-hydrogen) atoms. The first-order chi connectivity index (χ1) is 9.99. The lowest BCUT2D eigenvalue weighted by Crippen LogP contribution is -2.27. The molecule has 0 aliphatic heterocycles. The fourth-order valence-electron chi connectivity index (χ4n) is 1.56. The Kier molecular flexibility index (Phi) is 4.49. The lowest BCUT2D eigenvalue weighted by molar-refractivity contribution is 0.0690. The van der Waals surface area contributed by atoms with Gasteiger partial charge >= 0.3 is 5.97 Å². The number of nitrogens with one attached hydrogen (secondary N) is 1. The molecule has 0 saturated heterocycles. The van der Waals surface area contributed by atoms with Gasteiger partial charge in [0.15, 0.2) is 5.69 Å². The molecule has 0 spiro atoms. The predicted octanol–water partition coefficient (Wildman–Crippen LogP) is 1.20. The van der Waals surface area contributed by atoms with E-state index in [1.807, 2.05) is 0 Å². The molecule has 9 heteroatoms. The van der Waals surface area contributed by atoms with Crippen LogP contribution in [0.25, 0.3) is 0 Å². The van der Waals surface area contributed by atoms with E-state index in [4.69, 9.17) is 16.7 Å². The first kappa shape index (κ1) is 14.9. The van der Waals surface area contributed by atoms with Crippen molar-refractivity contribution in [2.45, 2.75) is 6.54 Å². The molecular formula is C12H10ClFN4O3. The van der Waals surface area contributed by atoms with E-state index in [0.29, 0.717) is 0 Å². The number of nitrogens with zero attached hydrogens (tertiary/aromatic N) is 3. The van der Waals surface area contributed by atoms with Crippen molar-refractivity contribution in [2.24, 2.45) is 0 Å². The van der Waals surface area contributed by atoms with Crippen molar-refractivity contribution in [1.82, 2.24) is 20.3 Å². The number of aromatic nitrogens is 3. The van der Waals surface area contributed by atoms with Crippen molar-refractivity contribution in [2.75, 3.05) is 6.54 Å². The normalized spacial score (nSPS) is 10.4. The molecule has 0 saturated carbocycles. The molecule has 0 radical (unpaired) electrons. The molecule has 2 aromatic rings. The van der Waals surface area contributed by atoms with E-state index in [9.17, 15) is 14.0 Å². The molecule has 2 N–H and O–H groups in total. The van der Waals surface area contributed by atoms with Crippen LogP contribution in [0.5, 0.6) is 0 Å². The van der Waals surface area contributed by atoms with Crippen LogP contribution in [-0.2, 0) is 6.54 Å². The summed E-state index contributed by atoms with van der Waals surface area (Å²) in [6.07, 6.45) is 1.24. The third-order valence-electron chi connectivity index (χ3n) is 2.58. The standard InChI is InChI=1S/C12H10ClFN4O3/c13-10-7(2-1-3-8(10)14)11(19)15-4-5-18-6-9(12(20)21)16-17-18/h1-3,6H,4-5H2,(H,15,19)(H,20,21). The number of carbonyl (C=O) groups excluding carboxylic acids is 1. The van der Waals surface area contributed by atoms with Gasteiger partial charge in [0, 0.05) is 6.54 Å². The molecular weight excluding hydrogens is 303 g/mol. The van der Waals surface area contributed by atoms with Crippen molar-refractivity contribution >= 4 is 23.5 Å². The van der Waals surface area contributed by atoms with Crippen molar-refractivity contribution in [3.8, 4) is 0 Å². The molecule has 1 aromatic carbocycles. The van der Waals surface area contributed by atoms with Gasteiger partial charge in [0.2, 0.25) is 0 Å². The maximum absolute atomic E-state index is 13.2. The highest BCUT2D eigenvalue weighted by atomic mass is 35.5. The second kappa shape index (κ2) is 6.31. The summed E-state index contributed by atoms with van der Waals surface area (Å²) >= 11 is 5.69. The number of halogens is 2. The van der Waals surface area contributed by atoms with Crippen LogP contribution in [-0.4, -0.2) is 38.5 Å². The molecule has 0 atom stereocenters. The monoisotopic (exact) mass is 312 g/mol. The summed E-state index contributed by atoms with van der Waals surface area (Å²) < 4.78 is 14.5. The summed E-state index contributed by atoms with van der Waals surface area (Å²) in [5.74, 6) is -2.39. The lowest BCUT2D eigenvalue weighted by Gasteiger charge is -2.06. The van der Waals surface area contributed by atoms with E-state index in [1.54, 1.807) is 0 Å². The van der Waals surface area contributed by atoms with Crippen LogP contribution in [0, 0.1) is 5.82 Å². The van der Waals surface area contributed by atoms with Crippen molar-refractivity contribution in [3.05, 3.63) is 46.5 Å². The number of rotatable bonds is 5. The van der Waals surface area contributed by atoms with Crippen molar-refractivity contribution in [3.63, 3.8) is 0 Å². The predicted molar refractivity (Wildman–Crippen MR) is 70.7 cm³/mol. The summed E-state index contributed by atoms with van der Waals surface area (Å²) in [4.78, 5) is 22.4. The summed E-state index contributed by atoms with van der Waals surface area (Å²) in [6, 6.07) is 3.94. The van der Waals surface area contributed by atoms with E-state index in [2.05, 4.69) is 15.6 Å². The van der Waals surface area contributed by atoms with E-state index < -0.39 is 17.7 Å². The van der Waals surface area contributed by atoms with Gasteiger partial charge in [-0.1, -0.05) is 22.9 Å². The third kappa shape index (κ3) is 3.54. The van der Waals surface area contributed by atoms with E-state index in [0.717, 1.165) is 6.07 Å². The molecule has 1 heterocycles. The SMILES string of the molecule is O=C(O)c1cn(CCNC(=O)c2cccc(F)c2Cl)nn1. The topological polar surface area (TPSA) is 97.1 Å². The molecule has 0 aliphatic rings. The highest BCUT2D eigenvalue weighted by molar-refractivity contribution is 6.34. The Hall–Kier alpha value is -2.48. The maximum Gasteiger partial charge on any atom is 0.358 e. The lowest BCUT2D eigenvalue weighted by atomic mass is 10.2. The Morgan fingerprint density at radius 3 is 2.86 bits per heavy atom. The average molecular weight is 313 g/mol. The third-order valence-corrected chi connectivity index (χ3v) is 2.96. The number of aromatic carboxylic acids is 1. The first-order valence-electron chi connectivity index (χ1n) is 5.84. The van der Waals surface area contributed by atoms with Crippen LogP contribution >= 0.6 is 11.6 Å². The van der Waals surface area contributed by atoms with Crippen molar-refractivity contribution < 1.29 is 19.1 Å². The van der Waals surface area contributed by atoms with Gasteiger partial charge in [0.25, 0.3) is 5.91 Å². The number of benzene rings is 1. The van der Waals surface area contributed by atoms with Gasteiger partial charge in [0.1, 0.15) is 5.82 Å². The van der Waals surface area contributed by atoms with Crippen molar-refractivity contribution in [1.29, 1.82) is 0 Å². The smallest absolute Gasteiger partial charge is 0.358 e. The quantitative estimate of drug-likeness (QED) is 0.864. The van der Waals surface area contributed by atoms with Gasteiger partial charge in [-0.25, -0.2) is 13.9 Å². The van der Waals surface area contributed by atoms with Gasteiger partial charge in [-0.2, -0.15) is 0 Å². The molecule has 1 aromatic heterocycles. The van der Waals surface area contributed by atoms with Crippen LogP contribution in [0.1, 0.15) is 20.8 Å².